The highest BCUT2D eigenvalue weighted by Crippen LogP contribution is 2.24. The van der Waals surface area contributed by atoms with Crippen molar-refractivity contribution in [3.8, 4) is 0 Å². The number of guanidine groups is 1. The van der Waals surface area contributed by atoms with E-state index in [-0.39, 0.29) is 12.6 Å². The molecule has 1 fully saturated rings. The van der Waals surface area contributed by atoms with Crippen LogP contribution in [0.15, 0.2) is 4.99 Å². The normalized spacial score (nSPS) is 39.8. The third-order valence-corrected chi connectivity index (χ3v) is 3.06. The van der Waals surface area contributed by atoms with E-state index in [0.29, 0.717) is 0 Å². The molecule has 1 saturated heterocycles. The first-order valence-electron chi connectivity index (χ1n) is 5.63. The molecular weight excluding hydrogens is 260 g/mol. The van der Waals surface area contributed by atoms with Crippen molar-refractivity contribution >= 4 is 12.0 Å². The number of aliphatic hydroxyl groups excluding tert-OH is 4. The zero-order valence-electron chi connectivity index (χ0n) is 9.88. The molecule has 108 valence electrons. The van der Waals surface area contributed by atoms with Crippen LogP contribution in [0.3, 0.4) is 0 Å². The molecule has 19 heavy (non-hydrogen) atoms. The third kappa shape index (κ3) is 2.48. The fraction of sp³-hybridized carbons (Fsp3) is 0.778. The lowest BCUT2D eigenvalue weighted by molar-refractivity contribution is -0.257. The predicted octanol–water partition coefficient (Wildman–Crippen LogP) is -3.92. The lowest BCUT2D eigenvalue weighted by Crippen LogP contribution is -2.66. The summed E-state index contributed by atoms with van der Waals surface area (Å²) >= 11 is 0. The minimum absolute atomic E-state index is 0.0640. The number of nitrogens with one attached hydrogen (secondary N) is 1. The Hall–Kier alpha value is -1.46. The van der Waals surface area contributed by atoms with E-state index in [2.05, 4.69) is 10.3 Å². The highest BCUT2D eigenvalue weighted by Gasteiger charge is 2.47. The molecule has 2 aliphatic heterocycles. The zero-order valence-corrected chi connectivity index (χ0v) is 9.88. The summed E-state index contributed by atoms with van der Waals surface area (Å²) in [5.74, 6) is -0.0640. The Kier molecular flexibility index (Phi) is 3.87. The summed E-state index contributed by atoms with van der Waals surface area (Å²) in [7, 11) is 0. The number of urea groups is 1. The van der Waals surface area contributed by atoms with Crippen LogP contribution in [-0.4, -0.2) is 81.2 Å². The largest absolute Gasteiger partial charge is 0.394 e. The van der Waals surface area contributed by atoms with Crippen molar-refractivity contribution in [3.63, 3.8) is 0 Å². The van der Waals surface area contributed by atoms with Crippen LogP contribution >= 0.6 is 0 Å². The van der Waals surface area contributed by atoms with Crippen LogP contribution in [0.4, 0.5) is 4.79 Å². The number of amides is 2. The highest BCUT2D eigenvalue weighted by molar-refractivity contribution is 5.96. The van der Waals surface area contributed by atoms with Gasteiger partial charge in [-0.05, 0) is 0 Å². The standard InChI is InChI=1S/C9H16N4O6/c10-8-11-2-13(9(18)12-8)7-6(17)5(16)4(15)3(1-14)19-7/h3-7,14-17H,1-2H2,(H3,10,11,12,18). The number of carbonyl (C=O) groups is 1. The third-order valence-electron chi connectivity index (χ3n) is 3.06. The van der Waals surface area contributed by atoms with E-state index in [4.69, 9.17) is 15.6 Å². The number of carbonyl (C=O) groups excluding carboxylic acids is 1. The Balaban J connectivity index is 2.17. The lowest BCUT2D eigenvalue weighted by atomic mass is 9.98. The van der Waals surface area contributed by atoms with Gasteiger partial charge in [-0.15, -0.1) is 0 Å². The van der Waals surface area contributed by atoms with Crippen molar-refractivity contribution in [1.29, 1.82) is 0 Å². The number of rotatable bonds is 2. The van der Waals surface area contributed by atoms with Crippen molar-refractivity contribution in [2.45, 2.75) is 30.6 Å². The molecule has 10 heteroatoms. The van der Waals surface area contributed by atoms with Crippen molar-refractivity contribution in [1.82, 2.24) is 10.2 Å². The summed E-state index contributed by atoms with van der Waals surface area (Å²) in [5, 5.41) is 40.4. The molecule has 2 rings (SSSR count). The van der Waals surface area contributed by atoms with Gasteiger partial charge in [0.1, 0.15) is 31.1 Å². The van der Waals surface area contributed by atoms with Crippen molar-refractivity contribution < 1.29 is 30.0 Å². The van der Waals surface area contributed by atoms with E-state index in [1.54, 1.807) is 0 Å². The molecule has 0 aromatic carbocycles. The first-order valence-corrected chi connectivity index (χ1v) is 5.63. The predicted molar refractivity (Wildman–Crippen MR) is 60.6 cm³/mol. The summed E-state index contributed by atoms with van der Waals surface area (Å²) in [6, 6.07) is -0.656. The number of nitrogens with two attached hydrogens (primary N) is 1. The molecule has 0 aliphatic carbocycles. The summed E-state index contributed by atoms with van der Waals surface area (Å²) in [4.78, 5) is 16.4. The van der Waals surface area contributed by atoms with Gasteiger partial charge in [0.25, 0.3) is 0 Å². The summed E-state index contributed by atoms with van der Waals surface area (Å²) < 4.78 is 5.22. The van der Waals surface area contributed by atoms with E-state index >= 15 is 0 Å². The zero-order chi connectivity index (χ0) is 14.2. The lowest BCUT2D eigenvalue weighted by Gasteiger charge is -2.44. The van der Waals surface area contributed by atoms with Crippen LogP contribution in [0.5, 0.6) is 0 Å². The summed E-state index contributed by atoms with van der Waals surface area (Å²) in [6.45, 7) is -0.733. The smallest absolute Gasteiger partial charge is 0.327 e. The van der Waals surface area contributed by atoms with Gasteiger partial charge in [0.15, 0.2) is 12.2 Å². The molecule has 0 aromatic heterocycles. The number of hydrogen-bond donors (Lipinski definition) is 6. The van der Waals surface area contributed by atoms with E-state index < -0.39 is 43.3 Å². The second-order valence-corrected chi connectivity index (χ2v) is 4.30. The first kappa shape index (κ1) is 14.0. The molecule has 2 amide bonds. The first-order chi connectivity index (χ1) is 8.95. The second kappa shape index (κ2) is 5.27. The second-order valence-electron chi connectivity index (χ2n) is 4.30. The molecule has 0 saturated carbocycles. The molecule has 0 aromatic rings. The van der Waals surface area contributed by atoms with E-state index in [0.717, 1.165) is 4.90 Å². The van der Waals surface area contributed by atoms with Crippen LogP contribution < -0.4 is 11.1 Å². The SMILES string of the molecule is NC1=NCN(C2OC(CO)C(O)C(O)C2O)C(=O)N1. The molecule has 0 spiro atoms. The average Bonchev–Trinajstić information content (AvgIpc) is 2.38. The summed E-state index contributed by atoms with van der Waals surface area (Å²) in [6.07, 6.45) is -6.88. The van der Waals surface area contributed by atoms with Crippen LogP contribution in [-0.2, 0) is 4.74 Å². The maximum absolute atomic E-state index is 11.7. The fourth-order valence-corrected chi connectivity index (χ4v) is 1.97. The van der Waals surface area contributed by atoms with Gasteiger partial charge in [0, 0.05) is 0 Å². The van der Waals surface area contributed by atoms with Crippen LogP contribution in [0, 0.1) is 0 Å². The van der Waals surface area contributed by atoms with Crippen molar-refractivity contribution in [2.75, 3.05) is 13.3 Å². The summed E-state index contributed by atoms with van der Waals surface area (Å²) in [5.41, 5.74) is 5.31. The van der Waals surface area contributed by atoms with Crippen molar-refractivity contribution in [3.05, 3.63) is 0 Å². The van der Waals surface area contributed by atoms with Gasteiger partial charge in [0.05, 0.1) is 6.61 Å². The Bertz CT molecular complexity index is 389. The average molecular weight is 276 g/mol. The van der Waals surface area contributed by atoms with Gasteiger partial charge >= 0.3 is 6.03 Å². The Labute approximate surface area is 108 Å². The number of aliphatic imine (C=N–C) groups is 1. The van der Waals surface area contributed by atoms with E-state index in [9.17, 15) is 20.1 Å². The fourth-order valence-electron chi connectivity index (χ4n) is 1.97. The van der Waals surface area contributed by atoms with Crippen LogP contribution in [0.2, 0.25) is 0 Å². The number of nitrogens with zero attached hydrogens (tertiary/aromatic N) is 2. The molecule has 2 heterocycles. The van der Waals surface area contributed by atoms with Gasteiger partial charge in [0.2, 0.25) is 0 Å². The maximum atomic E-state index is 11.7. The van der Waals surface area contributed by atoms with E-state index in [1.165, 1.54) is 0 Å². The molecule has 2 aliphatic rings. The molecular formula is C9H16N4O6. The Morgan fingerprint density at radius 3 is 2.63 bits per heavy atom. The maximum Gasteiger partial charge on any atom is 0.327 e. The number of ether oxygens (including phenoxy) is 1. The monoisotopic (exact) mass is 276 g/mol. The van der Waals surface area contributed by atoms with Gasteiger partial charge in [-0.25, -0.2) is 9.79 Å². The topological polar surface area (TPSA) is 161 Å². The molecule has 5 unspecified atom stereocenters. The molecule has 7 N–H and O–H groups in total. The number of hydrogen-bond acceptors (Lipinski definition) is 8. The van der Waals surface area contributed by atoms with Crippen molar-refractivity contribution in [2.24, 2.45) is 10.7 Å². The van der Waals surface area contributed by atoms with Crippen LogP contribution in [0.1, 0.15) is 0 Å². The molecule has 0 radical (unpaired) electrons. The van der Waals surface area contributed by atoms with E-state index in [1.807, 2.05) is 0 Å². The van der Waals surface area contributed by atoms with Gasteiger partial charge in [-0.1, -0.05) is 0 Å². The Morgan fingerprint density at radius 2 is 2.05 bits per heavy atom. The Morgan fingerprint density at radius 1 is 1.37 bits per heavy atom. The highest BCUT2D eigenvalue weighted by atomic mass is 16.6. The molecule has 5 atom stereocenters. The minimum atomic E-state index is -1.55. The quantitative estimate of drug-likeness (QED) is 0.300. The van der Waals surface area contributed by atoms with Gasteiger partial charge < -0.3 is 30.9 Å². The molecule has 10 nitrogen and oxygen atoms in total. The molecule has 0 bridgehead atoms. The van der Waals surface area contributed by atoms with Gasteiger partial charge in [-0.2, -0.15) is 0 Å². The van der Waals surface area contributed by atoms with Gasteiger partial charge in [-0.3, -0.25) is 10.2 Å². The van der Waals surface area contributed by atoms with Crippen LogP contribution in [0.25, 0.3) is 0 Å². The number of aliphatic hydroxyl groups is 4. The minimum Gasteiger partial charge on any atom is -0.394 e.